The molecule has 7 nitrogen and oxygen atoms in total. The minimum absolute atomic E-state index is 0.217. The largest absolute Gasteiger partial charge is 0.345 e. The molecule has 1 aliphatic heterocycles. The molecule has 26 heavy (non-hydrogen) atoms. The number of H-pyrrole nitrogens is 1. The Hall–Kier alpha value is -1.93. The van der Waals surface area contributed by atoms with E-state index in [0.29, 0.717) is 24.9 Å². The van der Waals surface area contributed by atoms with Gasteiger partial charge in [-0.05, 0) is 37.2 Å². The van der Waals surface area contributed by atoms with Crippen LogP contribution in [0.4, 0.5) is 0 Å². The van der Waals surface area contributed by atoms with Crippen molar-refractivity contribution in [3.8, 4) is 0 Å². The fraction of sp³-hybridized carbons (Fsp3) is 0.556. The van der Waals surface area contributed by atoms with E-state index in [2.05, 4.69) is 26.3 Å². The Morgan fingerprint density at radius 3 is 2.85 bits per heavy atom. The van der Waals surface area contributed by atoms with Gasteiger partial charge in [0.1, 0.15) is 0 Å². The number of fused-ring (bicyclic) bond motifs is 3. The second-order valence-electron chi connectivity index (χ2n) is 7.80. The van der Waals surface area contributed by atoms with E-state index in [9.17, 15) is 8.42 Å². The van der Waals surface area contributed by atoms with Gasteiger partial charge in [-0.2, -0.15) is 0 Å². The third-order valence-electron chi connectivity index (χ3n) is 6.08. The summed E-state index contributed by atoms with van der Waals surface area (Å²) in [6, 6.07) is 2.02. The SMILES string of the molecule is C[C@@H]1C[C@H](CS(=O)(=O)N2CCC2)C[C@@H]1c1cnc2cnc3[nH]ccc3n12. The quantitative estimate of drug-likeness (QED) is 0.761. The molecule has 3 atom stereocenters. The molecule has 138 valence electrons. The lowest BCUT2D eigenvalue weighted by Crippen LogP contribution is -2.44. The minimum Gasteiger partial charge on any atom is -0.345 e. The van der Waals surface area contributed by atoms with E-state index in [1.807, 2.05) is 18.5 Å². The van der Waals surface area contributed by atoms with Crippen molar-refractivity contribution < 1.29 is 8.42 Å². The standard InChI is InChI=1S/C18H23N5O2S/c1-12-7-13(11-26(24,25)22-5-2-6-22)8-14(12)16-9-20-17-10-21-18-15(23(16)17)3-4-19-18/h3-4,9-10,12-14,19H,2,5-8,11H2,1H3/t12-,13+,14+/m1/s1. The van der Waals surface area contributed by atoms with Crippen molar-refractivity contribution in [3.63, 3.8) is 0 Å². The maximum atomic E-state index is 12.5. The van der Waals surface area contributed by atoms with Crippen LogP contribution >= 0.6 is 0 Å². The second kappa shape index (κ2) is 5.79. The van der Waals surface area contributed by atoms with Gasteiger partial charge in [0.25, 0.3) is 0 Å². The van der Waals surface area contributed by atoms with E-state index < -0.39 is 10.0 Å². The number of aromatic nitrogens is 4. The summed E-state index contributed by atoms with van der Waals surface area (Å²) in [6.45, 7) is 3.62. The van der Waals surface area contributed by atoms with Crippen LogP contribution in [0.15, 0.2) is 24.7 Å². The van der Waals surface area contributed by atoms with Crippen molar-refractivity contribution >= 4 is 26.8 Å². The van der Waals surface area contributed by atoms with Crippen molar-refractivity contribution in [2.75, 3.05) is 18.8 Å². The first-order chi connectivity index (χ1) is 12.5. The smallest absolute Gasteiger partial charge is 0.214 e. The third-order valence-corrected chi connectivity index (χ3v) is 8.13. The predicted octanol–water partition coefficient (Wildman–Crippen LogP) is 2.38. The summed E-state index contributed by atoms with van der Waals surface area (Å²) in [7, 11) is -3.09. The first kappa shape index (κ1) is 16.3. The number of sulfonamides is 1. The van der Waals surface area contributed by atoms with E-state index in [0.717, 1.165) is 36.1 Å². The first-order valence-electron chi connectivity index (χ1n) is 9.30. The normalized spacial score (nSPS) is 27.3. The molecule has 1 saturated carbocycles. The summed E-state index contributed by atoms with van der Waals surface area (Å²) >= 11 is 0. The molecule has 3 aromatic rings. The van der Waals surface area contributed by atoms with Crippen molar-refractivity contribution in [2.24, 2.45) is 11.8 Å². The number of hydrogen-bond donors (Lipinski definition) is 1. The highest BCUT2D eigenvalue weighted by Gasteiger charge is 2.38. The lowest BCUT2D eigenvalue weighted by molar-refractivity contribution is 0.306. The zero-order valence-corrected chi connectivity index (χ0v) is 15.6. The topological polar surface area (TPSA) is 83.4 Å². The van der Waals surface area contributed by atoms with Gasteiger partial charge in [-0.3, -0.25) is 4.40 Å². The molecule has 2 aliphatic rings. The van der Waals surface area contributed by atoms with Gasteiger partial charge in [0.2, 0.25) is 10.0 Å². The molecule has 0 unspecified atom stereocenters. The molecule has 0 radical (unpaired) electrons. The fourth-order valence-corrected chi connectivity index (χ4v) is 6.54. The molecule has 8 heteroatoms. The number of imidazole rings is 1. The van der Waals surface area contributed by atoms with Crippen molar-refractivity contribution in [3.05, 3.63) is 30.4 Å². The van der Waals surface area contributed by atoms with Crippen LogP contribution in [-0.4, -0.2) is 50.9 Å². The van der Waals surface area contributed by atoms with Gasteiger partial charge in [0.05, 0.1) is 17.5 Å². The molecule has 1 N–H and O–H groups in total. The molecule has 2 fully saturated rings. The van der Waals surface area contributed by atoms with Crippen LogP contribution in [-0.2, 0) is 10.0 Å². The minimum atomic E-state index is -3.09. The summed E-state index contributed by atoms with van der Waals surface area (Å²) in [5, 5.41) is 0. The monoisotopic (exact) mass is 373 g/mol. The number of nitrogens with one attached hydrogen (secondary N) is 1. The van der Waals surface area contributed by atoms with Crippen LogP contribution < -0.4 is 0 Å². The fourth-order valence-electron chi connectivity index (χ4n) is 4.65. The molecule has 1 aliphatic carbocycles. The zero-order valence-electron chi connectivity index (χ0n) is 14.8. The van der Waals surface area contributed by atoms with Gasteiger partial charge >= 0.3 is 0 Å². The summed E-state index contributed by atoms with van der Waals surface area (Å²) in [5.41, 5.74) is 3.89. The maximum Gasteiger partial charge on any atom is 0.214 e. The summed E-state index contributed by atoms with van der Waals surface area (Å²) in [6.07, 6.45) is 8.46. The Morgan fingerprint density at radius 2 is 2.08 bits per heavy atom. The molecule has 1 saturated heterocycles. The van der Waals surface area contributed by atoms with E-state index in [4.69, 9.17) is 0 Å². The molecular formula is C18H23N5O2S. The van der Waals surface area contributed by atoms with E-state index in [-0.39, 0.29) is 11.7 Å². The third kappa shape index (κ3) is 2.46. The molecular weight excluding hydrogens is 350 g/mol. The van der Waals surface area contributed by atoms with Gasteiger partial charge in [-0.15, -0.1) is 0 Å². The van der Waals surface area contributed by atoms with Gasteiger partial charge < -0.3 is 4.98 Å². The number of rotatable bonds is 4. The Morgan fingerprint density at radius 1 is 1.23 bits per heavy atom. The lowest BCUT2D eigenvalue weighted by atomic mass is 9.95. The molecule has 5 rings (SSSR count). The molecule has 4 heterocycles. The average molecular weight is 373 g/mol. The van der Waals surface area contributed by atoms with Crippen molar-refractivity contribution in [1.82, 2.24) is 23.7 Å². The number of aromatic amines is 1. The maximum absolute atomic E-state index is 12.5. The van der Waals surface area contributed by atoms with Gasteiger partial charge in [-0.1, -0.05) is 6.92 Å². The zero-order chi connectivity index (χ0) is 17.9. The molecule has 0 aromatic carbocycles. The second-order valence-corrected chi connectivity index (χ2v) is 9.81. The Kier molecular flexibility index (Phi) is 3.62. The molecule has 3 aromatic heterocycles. The van der Waals surface area contributed by atoms with Gasteiger partial charge in [0.15, 0.2) is 11.3 Å². The molecule has 0 bridgehead atoms. The van der Waals surface area contributed by atoms with Crippen LogP contribution in [0.3, 0.4) is 0 Å². The molecule has 0 amide bonds. The summed E-state index contributed by atoms with van der Waals surface area (Å²) in [4.78, 5) is 12.1. The van der Waals surface area contributed by atoms with Crippen molar-refractivity contribution in [2.45, 2.75) is 32.1 Å². The lowest BCUT2D eigenvalue weighted by Gasteiger charge is -2.30. The highest BCUT2D eigenvalue weighted by molar-refractivity contribution is 7.89. The van der Waals surface area contributed by atoms with Crippen LogP contribution in [0.2, 0.25) is 0 Å². The van der Waals surface area contributed by atoms with Crippen LogP contribution in [0.25, 0.3) is 16.8 Å². The van der Waals surface area contributed by atoms with Crippen LogP contribution in [0.5, 0.6) is 0 Å². The van der Waals surface area contributed by atoms with Crippen LogP contribution in [0, 0.1) is 11.8 Å². The van der Waals surface area contributed by atoms with Crippen molar-refractivity contribution in [1.29, 1.82) is 0 Å². The Balaban J connectivity index is 1.45. The highest BCUT2D eigenvalue weighted by atomic mass is 32.2. The number of nitrogens with zero attached hydrogens (tertiary/aromatic N) is 4. The summed E-state index contributed by atoms with van der Waals surface area (Å²) in [5.74, 6) is 1.26. The Labute approximate surface area is 152 Å². The first-order valence-corrected chi connectivity index (χ1v) is 10.9. The van der Waals surface area contributed by atoms with E-state index in [1.54, 1.807) is 10.5 Å². The molecule has 0 spiro atoms. The highest BCUT2D eigenvalue weighted by Crippen LogP contribution is 2.44. The van der Waals surface area contributed by atoms with E-state index >= 15 is 0 Å². The van der Waals surface area contributed by atoms with Gasteiger partial charge in [-0.25, -0.2) is 22.7 Å². The average Bonchev–Trinajstić information content (AvgIpc) is 3.21. The summed E-state index contributed by atoms with van der Waals surface area (Å²) < 4.78 is 28.8. The van der Waals surface area contributed by atoms with Crippen LogP contribution in [0.1, 0.15) is 37.8 Å². The van der Waals surface area contributed by atoms with Gasteiger partial charge in [0, 0.05) is 37.1 Å². The predicted molar refractivity (Wildman–Crippen MR) is 99.4 cm³/mol. The number of hydrogen-bond acceptors (Lipinski definition) is 4. The Bertz CT molecular complexity index is 1070. The van der Waals surface area contributed by atoms with E-state index in [1.165, 1.54) is 5.69 Å².